The minimum Gasteiger partial charge on any atom is -0.479 e. The van der Waals surface area contributed by atoms with Gasteiger partial charge < -0.3 is 13.8 Å². The van der Waals surface area contributed by atoms with Crippen LogP contribution in [0.1, 0.15) is 55.0 Å². The van der Waals surface area contributed by atoms with Crippen LogP contribution >= 0.6 is 31.6 Å². The Balaban J connectivity index is 1.79. The molecule has 0 saturated heterocycles. The predicted octanol–water partition coefficient (Wildman–Crippen LogP) is 7.87. The third-order valence-electron chi connectivity index (χ3n) is 6.60. The van der Waals surface area contributed by atoms with Crippen molar-refractivity contribution in [2.24, 2.45) is 0 Å². The molecule has 0 aliphatic carbocycles. The minimum absolute atomic E-state index is 0.202. The van der Waals surface area contributed by atoms with E-state index in [0.29, 0.717) is 36.0 Å². The number of nitrogens with zero attached hydrogens (tertiary/aromatic N) is 3. The Morgan fingerprint density at radius 3 is 1.88 bits per heavy atom. The van der Waals surface area contributed by atoms with Crippen molar-refractivity contribution in [1.29, 1.82) is 0 Å². The van der Waals surface area contributed by atoms with Crippen molar-refractivity contribution in [3.63, 3.8) is 0 Å². The molecular weight excluding hydrogens is 573 g/mol. The Morgan fingerprint density at radius 2 is 1.41 bits per heavy atom. The number of hydrogen-bond acceptors (Lipinski definition) is 8. The molecule has 0 N–H and O–H groups in total. The van der Waals surface area contributed by atoms with Gasteiger partial charge in [0.05, 0.1) is 25.1 Å². The Morgan fingerprint density at radius 1 is 0.878 bits per heavy atom. The third kappa shape index (κ3) is 7.34. The van der Waals surface area contributed by atoms with E-state index in [1.54, 1.807) is 20.2 Å². The lowest BCUT2D eigenvalue weighted by atomic mass is 9.77. The fraction of sp³-hybridized carbons (Fsp3) is 0.323. The van der Waals surface area contributed by atoms with Crippen molar-refractivity contribution >= 4 is 36.0 Å². The lowest BCUT2D eigenvalue weighted by molar-refractivity contribution is 0.210. The number of benzene rings is 3. The number of thioether (sulfide) groups is 1. The van der Waals surface area contributed by atoms with Crippen molar-refractivity contribution in [2.45, 2.75) is 38.0 Å². The van der Waals surface area contributed by atoms with Crippen molar-refractivity contribution in [3.05, 3.63) is 120 Å². The van der Waals surface area contributed by atoms with Gasteiger partial charge in [-0.1, -0.05) is 110 Å². The first-order valence-electron chi connectivity index (χ1n) is 13.8. The van der Waals surface area contributed by atoms with Crippen LogP contribution in [-0.4, -0.2) is 45.1 Å². The van der Waals surface area contributed by atoms with Gasteiger partial charge in [-0.05, 0) is 49.2 Å². The smallest absolute Gasteiger partial charge is 0.330 e. The van der Waals surface area contributed by atoms with Gasteiger partial charge in [-0.15, -0.1) is 0 Å². The summed E-state index contributed by atoms with van der Waals surface area (Å²) in [5.41, 5.74) is 2.36. The molecule has 0 aliphatic rings. The summed E-state index contributed by atoms with van der Waals surface area (Å²) in [5, 5.41) is 4.82. The first-order valence-corrected chi connectivity index (χ1v) is 16.8. The summed E-state index contributed by atoms with van der Waals surface area (Å²) < 4.78 is 32.0. The molecular formula is C31H36N3O4PS2. The summed E-state index contributed by atoms with van der Waals surface area (Å²) >= 11 is 6.85. The standard InChI is InChI=1S/C31H36N3O4PS2/c1-4-36-30(40)41-28(22-23-38-39(35,6-3)37-5-2)29-32-24-34(33-29)31(25-16-10-7-11-17-25,26-18-12-8-13-19-26)27-20-14-9-15-21-27/h7-21,24,28H,4-6,22-23H2,1-3H3. The maximum Gasteiger partial charge on any atom is 0.330 e. The average Bonchev–Trinajstić information content (AvgIpc) is 3.49. The van der Waals surface area contributed by atoms with Crippen LogP contribution in [0, 0.1) is 0 Å². The van der Waals surface area contributed by atoms with E-state index < -0.39 is 13.1 Å². The lowest BCUT2D eigenvalue weighted by Gasteiger charge is -2.36. The minimum atomic E-state index is -3.16. The van der Waals surface area contributed by atoms with Crippen molar-refractivity contribution in [2.75, 3.05) is 26.0 Å². The van der Waals surface area contributed by atoms with Gasteiger partial charge in [-0.3, -0.25) is 4.57 Å². The summed E-state index contributed by atoms with van der Waals surface area (Å²) in [6.07, 6.45) is 2.54. The van der Waals surface area contributed by atoms with Crippen molar-refractivity contribution < 1.29 is 18.3 Å². The van der Waals surface area contributed by atoms with E-state index in [-0.39, 0.29) is 11.9 Å². The zero-order chi connectivity index (χ0) is 29.1. The molecule has 0 aliphatic heterocycles. The third-order valence-corrected chi connectivity index (χ3v) is 10.0. The topological polar surface area (TPSA) is 75.5 Å². The SMILES string of the molecule is CCOC(=S)SC(CCOP(=O)(CC)OCC)c1ncn(C(c2ccccc2)(c2ccccc2)c2ccccc2)n1. The molecule has 10 heteroatoms. The summed E-state index contributed by atoms with van der Waals surface area (Å²) in [5.74, 6) is 0.579. The Hall–Kier alpha value is -2.81. The summed E-state index contributed by atoms with van der Waals surface area (Å²) in [6.45, 7) is 6.49. The largest absolute Gasteiger partial charge is 0.479 e. The molecule has 3 aromatic carbocycles. The molecule has 7 nitrogen and oxygen atoms in total. The highest BCUT2D eigenvalue weighted by molar-refractivity contribution is 8.22. The molecule has 0 amide bonds. The van der Waals surface area contributed by atoms with Gasteiger partial charge in [0, 0.05) is 6.16 Å². The van der Waals surface area contributed by atoms with Gasteiger partial charge in [0.2, 0.25) is 4.38 Å². The number of aromatic nitrogens is 3. The molecule has 0 fully saturated rings. The molecule has 41 heavy (non-hydrogen) atoms. The molecule has 0 bridgehead atoms. The molecule has 4 aromatic rings. The van der Waals surface area contributed by atoms with Gasteiger partial charge in [-0.25, -0.2) is 9.67 Å². The highest BCUT2D eigenvalue weighted by Crippen LogP contribution is 2.48. The first kappa shape index (κ1) is 31.1. The van der Waals surface area contributed by atoms with Crippen LogP contribution in [0.5, 0.6) is 0 Å². The molecule has 0 spiro atoms. The normalized spacial score (nSPS) is 13.8. The molecule has 0 saturated carbocycles. The van der Waals surface area contributed by atoms with E-state index in [1.807, 2.05) is 66.2 Å². The van der Waals surface area contributed by atoms with Crippen LogP contribution in [0.4, 0.5) is 0 Å². The van der Waals surface area contributed by atoms with Gasteiger partial charge in [0.1, 0.15) is 11.9 Å². The first-order chi connectivity index (χ1) is 20.0. The second-order valence-electron chi connectivity index (χ2n) is 9.11. The van der Waals surface area contributed by atoms with E-state index in [0.717, 1.165) is 16.7 Å². The molecule has 2 atom stereocenters. The molecule has 4 rings (SSSR count). The maximum atomic E-state index is 12.9. The van der Waals surface area contributed by atoms with Crippen molar-refractivity contribution in [3.8, 4) is 0 Å². The maximum absolute atomic E-state index is 12.9. The van der Waals surface area contributed by atoms with E-state index in [1.165, 1.54) is 11.8 Å². The Kier molecular flexibility index (Phi) is 11.3. The van der Waals surface area contributed by atoms with Crippen LogP contribution in [-0.2, 0) is 23.9 Å². The quantitative estimate of drug-likeness (QED) is 0.0812. The van der Waals surface area contributed by atoms with Gasteiger partial charge in [0.25, 0.3) is 0 Å². The lowest BCUT2D eigenvalue weighted by Crippen LogP contribution is -2.38. The van der Waals surface area contributed by atoms with E-state index in [4.69, 9.17) is 36.1 Å². The van der Waals surface area contributed by atoms with E-state index >= 15 is 0 Å². The second-order valence-corrected chi connectivity index (χ2v) is 13.3. The summed E-state index contributed by atoms with van der Waals surface area (Å²) in [7, 11) is -3.16. The van der Waals surface area contributed by atoms with Crippen LogP contribution in [0.2, 0.25) is 0 Å². The second kappa shape index (κ2) is 14.9. The molecule has 216 valence electrons. The fourth-order valence-electron chi connectivity index (χ4n) is 4.74. The zero-order valence-corrected chi connectivity index (χ0v) is 26.1. The Bertz CT molecular complexity index is 1320. The van der Waals surface area contributed by atoms with Crippen LogP contribution in [0.3, 0.4) is 0 Å². The molecule has 0 radical (unpaired) electrons. The van der Waals surface area contributed by atoms with Gasteiger partial charge in [0.15, 0.2) is 5.82 Å². The molecule has 1 aromatic heterocycles. The number of rotatable bonds is 14. The van der Waals surface area contributed by atoms with E-state index in [2.05, 4.69) is 36.4 Å². The number of thiocarbonyl (C=S) groups is 1. The van der Waals surface area contributed by atoms with Crippen molar-refractivity contribution in [1.82, 2.24) is 14.8 Å². The summed E-state index contributed by atoms with van der Waals surface area (Å²) in [6, 6.07) is 30.9. The van der Waals surface area contributed by atoms with Crippen LogP contribution in [0.15, 0.2) is 97.3 Å². The summed E-state index contributed by atoms with van der Waals surface area (Å²) in [4.78, 5) is 4.80. The van der Waals surface area contributed by atoms with Crippen LogP contribution in [0.25, 0.3) is 0 Å². The molecule has 2 unspecified atom stereocenters. The highest BCUT2D eigenvalue weighted by atomic mass is 32.2. The van der Waals surface area contributed by atoms with Crippen LogP contribution < -0.4 is 0 Å². The highest BCUT2D eigenvalue weighted by Gasteiger charge is 2.40. The number of ether oxygens (including phenoxy) is 1. The zero-order valence-electron chi connectivity index (χ0n) is 23.6. The predicted molar refractivity (Wildman–Crippen MR) is 170 cm³/mol. The number of hydrogen-bond donors (Lipinski definition) is 0. The monoisotopic (exact) mass is 609 g/mol. The van der Waals surface area contributed by atoms with Gasteiger partial charge in [-0.2, -0.15) is 5.10 Å². The fourth-order valence-corrected chi connectivity index (χ4v) is 7.27. The Labute approximate surface area is 252 Å². The molecule has 1 heterocycles. The van der Waals surface area contributed by atoms with E-state index in [9.17, 15) is 4.57 Å². The van der Waals surface area contributed by atoms with Gasteiger partial charge >= 0.3 is 7.60 Å². The average molecular weight is 610 g/mol.